The molecule has 0 saturated carbocycles. The van der Waals surface area contributed by atoms with Crippen molar-refractivity contribution in [2.24, 2.45) is 5.92 Å². The van der Waals surface area contributed by atoms with Gasteiger partial charge in [-0.2, -0.15) is 4.72 Å². The van der Waals surface area contributed by atoms with E-state index >= 15 is 0 Å². The summed E-state index contributed by atoms with van der Waals surface area (Å²) in [5, 5.41) is 9.08. The minimum atomic E-state index is -4.07. The maximum atomic E-state index is 12.4. The molecule has 0 aromatic heterocycles. The Morgan fingerprint density at radius 1 is 1.57 bits per heavy atom. The normalized spacial score (nSPS) is 19.5. The molecule has 7 nitrogen and oxygen atoms in total. The van der Waals surface area contributed by atoms with E-state index in [2.05, 4.69) is 4.72 Å². The Morgan fingerprint density at radius 3 is 2.91 bits per heavy atom. The summed E-state index contributed by atoms with van der Waals surface area (Å²) >= 11 is 5.87. The molecule has 1 aliphatic heterocycles. The number of carboxylic acid groups (broad SMARTS) is 1. The summed E-state index contributed by atoms with van der Waals surface area (Å²) in [6, 6.07) is 2.94. The zero-order chi connectivity index (χ0) is 17.0. The van der Waals surface area contributed by atoms with E-state index in [9.17, 15) is 13.2 Å². The summed E-state index contributed by atoms with van der Waals surface area (Å²) in [6.45, 7) is 2.79. The first-order valence-electron chi connectivity index (χ1n) is 7.05. The number of benzene rings is 1. The highest BCUT2D eigenvalue weighted by molar-refractivity contribution is 7.89. The maximum Gasteiger partial charge on any atom is 0.321 e. The number of carbonyl (C=O) groups is 1. The number of aliphatic carboxylic acids is 1. The molecule has 1 fully saturated rings. The average Bonchev–Trinajstić information content (AvgIpc) is 2.98. The number of hydrogen-bond donors (Lipinski definition) is 2. The third-order valence-corrected chi connectivity index (χ3v) is 5.19. The molecule has 2 atom stereocenters. The molecular weight excluding hydrogens is 346 g/mol. The van der Waals surface area contributed by atoms with Crippen molar-refractivity contribution in [3.63, 3.8) is 0 Å². The summed E-state index contributed by atoms with van der Waals surface area (Å²) in [6.07, 6.45) is 0.851. The Hall–Kier alpha value is -1.35. The van der Waals surface area contributed by atoms with Crippen LogP contribution in [-0.4, -0.2) is 45.4 Å². The Morgan fingerprint density at radius 2 is 2.30 bits per heavy atom. The van der Waals surface area contributed by atoms with Crippen LogP contribution >= 0.6 is 11.6 Å². The second-order valence-electron chi connectivity index (χ2n) is 5.31. The highest BCUT2D eigenvalue weighted by Crippen LogP contribution is 2.28. The van der Waals surface area contributed by atoms with Gasteiger partial charge in [-0.15, -0.1) is 0 Å². The van der Waals surface area contributed by atoms with Gasteiger partial charge in [-0.05, 0) is 31.5 Å². The zero-order valence-electron chi connectivity index (χ0n) is 12.5. The molecule has 1 heterocycles. The number of carboxylic acids is 1. The molecule has 0 amide bonds. The lowest BCUT2D eigenvalue weighted by Gasteiger charge is -2.16. The molecule has 0 radical (unpaired) electrons. The topological polar surface area (TPSA) is 102 Å². The molecule has 2 rings (SSSR count). The number of sulfonamides is 1. The van der Waals surface area contributed by atoms with Crippen LogP contribution in [0.4, 0.5) is 0 Å². The van der Waals surface area contributed by atoms with Crippen LogP contribution in [0.1, 0.15) is 13.3 Å². The molecule has 128 valence electrons. The Kier molecular flexibility index (Phi) is 5.85. The predicted molar refractivity (Wildman–Crippen MR) is 83.3 cm³/mol. The minimum absolute atomic E-state index is 0.131. The van der Waals surface area contributed by atoms with Crippen LogP contribution in [0.2, 0.25) is 5.02 Å². The van der Waals surface area contributed by atoms with Gasteiger partial charge in [-0.3, -0.25) is 4.79 Å². The molecule has 9 heteroatoms. The zero-order valence-corrected chi connectivity index (χ0v) is 14.1. The molecule has 1 saturated heterocycles. The van der Waals surface area contributed by atoms with E-state index in [1.807, 2.05) is 0 Å². The molecule has 1 aromatic carbocycles. The first kappa shape index (κ1) is 18.0. The van der Waals surface area contributed by atoms with Gasteiger partial charge in [0.15, 0.2) is 0 Å². The highest BCUT2D eigenvalue weighted by Gasteiger charge is 2.26. The molecule has 1 unspecified atom stereocenters. The summed E-state index contributed by atoms with van der Waals surface area (Å²) in [4.78, 5) is 10.7. The van der Waals surface area contributed by atoms with Crippen molar-refractivity contribution in [3.8, 4) is 5.75 Å². The lowest BCUT2D eigenvalue weighted by Crippen LogP contribution is -2.38. The number of rotatable bonds is 7. The number of ether oxygens (including phenoxy) is 2. The summed E-state index contributed by atoms with van der Waals surface area (Å²) < 4.78 is 37.7. The van der Waals surface area contributed by atoms with Gasteiger partial charge >= 0.3 is 5.97 Å². The monoisotopic (exact) mass is 363 g/mol. The predicted octanol–water partition coefficient (Wildman–Crippen LogP) is 1.51. The first-order chi connectivity index (χ1) is 10.8. The highest BCUT2D eigenvalue weighted by atomic mass is 35.5. The molecular formula is C14H18ClNO6S. The van der Waals surface area contributed by atoms with Crippen molar-refractivity contribution in [1.82, 2.24) is 4.72 Å². The first-order valence-corrected chi connectivity index (χ1v) is 8.91. The fourth-order valence-electron chi connectivity index (χ4n) is 2.08. The number of hydrogen-bond acceptors (Lipinski definition) is 5. The summed E-state index contributed by atoms with van der Waals surface area (Å²) in [7, 11) is -4.07. The maximum absolute atomic E-state index is 12.4. The molecule has 0 aliphatic carbocycles. The van der Waals surface area contributed by atoms with Crippen molar-refractivity contribution in [2.45, 2.75) is 24.3 Å². The largest absolute Gasteiger partial charge is 0.492 e. The van der Waals surface area contributed by atoms with E-state index in [0.29, 0.717) is 19.8 Å². The van der Waals surface area contributed by atoms with Crippen LogP contribution in [0.5, 0.6) is 5.75 Å². The molecule has 0 spiro atoms. The smallest absolute Gasteiger partial charge is 0.321 e. The average molecular weight is 364 g/mol. The van der Waals surface area contributed by atoms with E-state index in [-0.39, 0.29) is 21.6 Å². The molecule has 23 heavy (non-hydrogen) atoms. The summed E-state index contributed by atoms with van der Waals surface area (Å²) in [5.74, 6) is -0.945. The van der Waals surface area contributed by atoms with Crippen molar-refractivity contribution < 1.29 is 27.8 Å². The van der Waals surface area contributed by atoms with Crippen LogP contribution < -0.4 is 9.46 Å². The van der Waals surface area contributed by atoms with Gasteiger partial charge in [-0.1, -0.05) is 11.6 Å². The van der Waals surface area contributed by atoms with Gasteiger partial charge in [0.2, 0.25) is 10.0 Å². The fourth-order valence-corrected chi connectivity index (χ4v) is 3.68. The Balaban J connectivity index is 2.21. The van der Waals surface area contributed by atoms with Gasteiger partial charge < -0.3 is 14.6 Å². The van der Waals surface area contributed by atoms with E-state index in [4.69, 9.17) is 26.2 Å². The third-order valence-electron chi connectivity index (χ3n) is 3.40. The van der Waals surface area contributed by atoms with E-state index in [1.54, 1.807) is 0 Å². The summed E-state index contributed by atoms with van der Waals surface area (Å²) in [5.41, 5.74) is 0. The van der Waals surface area contributed by atoms with Crippen LogP contribution in [0.25, 0.3) is 0 Å². The van der Waals surface area contributed by atoms with Gasteiger partial charge in [0.25, 0.3) is 0 Å². The van der Waals surface area contributed by atoms with Crippen molar-refractivity contribution in [2.75, 3.05) is 19.8 Å². The third kappa shape index (κ3) is 4.81. The second kappa shape index (κ2) is 7.48. The lowest BCUT2D eigenvalue weighted by atomic mass is 10.1. The van der Waals surface area contributed by atoms with Crippen LogP contribution in [0.15, 0.2) is 23.1 Å². The quantitative estimate of drug-likeness (QED) is 0.761. The van der Waals surface area contributed by atoms with Gasteiger partial charge in [0.05, 0.1) is 13.2 Å². The molecule has 1 aliphatic rings. The van der Waals surface area contributed by atoms with E-state index in [0.717, 1.165) is 6.42 Å². The fraction of sp³-hybridized carbons (Fsp3) is 0.500. The lowest BCUT2D eigenvalue weighted by molar-refractivity contribution is -0.138. The number of halogens is 1. The van der Waals surface area contributed by atoms with Crippen LogP contribution in [0.3, 0.4) is 0 Å². The standard InChI is InChI=1S/C14H18ClNO6S/c1-9(14(17)18)16-23(19,20)13-6-11(15)2-3-12(13)22-8-10-4-5-21-7-10/h2-3,6,9-10,16H,4-5,7-8H2,1H3,(H,17,18)/t9-,10?/m1/s1. The molecule has 2 N–H and O–H groups in total. The second-order valence-corrected chi connectivity index (χ2v) is 7.43. The van der Waals surface area contributed by atoms with E-state index < -0.39 is 22.0 Å². The minimum Gasteiger partial charge on any atom is -0.492 e. The Bertz CT molecular complexity index is 672. The number of nitrogens with one attached hydrogen (secondary N) is 1. The SMILES string of the molecule is C[C@@H](NS(=O)(=O)c1cc(Cl)ccc1OCC1CCOC1)C(=O)O. The Labute approximate surface area is 139 Å². The van der Waals surface area contributed by atoms with Crippen molar-refractivity contribution in [1.29, 1.82) is 0 Å². The van der Waals surface area contributed by atoms with Gasteiger partial charge in [-0.25, -0.2) is 8.42 Å². The van der Waals surface area contributed by atoms with Gasteiger partial charge in [0, 0.05) is 17.5 Å². The molecule has 0 bridgehead atoms. The van der Waals surface area contributed by atoms with Crippen LogP contribution in [0, 0.1) is 5.92 Å². The molecule has 1 aromatic rings. The van der Waals surface area contributed by atoms with Crippen molar-refractivity contribution in [3.05, 3.63) is 23.2 Å². The van der Waals surface area contributed by atoms with Crippen LogP contribution in [-0.2, 0) is 19.6 Å². The van der Waals surface area contributed by atoms with E-state index in [1.165, 1.54) is 25.1 Å². The van der Waals surface area contributed by atoms with Gasteiger partial charge in [0.1, 0.15) is 16.7 Å². The van der Waals surface area contributed by atoms with Crippen molar-refractivity contribution >= 4 is 27.6 Å².